The molecule has 0 spiro atoms. The van der Waals surface area contributed by atoms with E-state index in [0.29, 0.717) is 0 Å². The van der Waals surface area contributed by atoms with Gasteiger partial charge >= 0.3 is 0 Å². The molecule has 4 nitrogen and oxygen atoms in total. The summed E-state index contributed by atoms with van der Waals surface area (Å²) in [6.45, 7) is 3.55. The van der Waals surface area contributed by atoms with E-state index in [0.717, 1.165) is 26.2 Å². The molecule has 82 valence electrons. The summed E-state index contributed by atoms with van der Waals surface area (Å²) in [5.74, 6) is 0. The Labute approximate surface area is 89.1 Å². The molecule has 0 radical (unpaired) electrons. The lowest BCUT2D eigenvalue weighted by Gasteiger charge is -2.30. The number of pyridine rings is 1. The molecular formula is C11H16N2O2. The number of likely N-dealkylation sites (N-methyl/N-ethyl adjacent to an activating group) is 1. The van der Waals surface area contributed by atoms with Crippen LogP contribution in [0.15, 0.2) is 29.3 Å². The van der Waals surface area contributed by atoms with Crippen LogP contribution in [0.2, 0.25) is 0 Å². The molecule has 0 N–H and O–H groups in total. The number of aromatic nitrogens is 1. The molecule has 0 bridgehead atoms. The lowest BCUT2D eigenvalue weighted by molar-refractivity contribution is -0.0275. The van der Waals surface area contributed by atoms with E-state index in [9.17, 15) is 4.79 Å². The van der Waals surface area contributed by atoms with Gasteiger partial charge in [0.05, 0.1) is 12.7 Å². The highest BCUT2D eigenvalue weighted by Crippen LogP contribution is 2.05. The minimum atomic E-state index is 0.0490. The summed E-state index contributed by atoms with van der Waals surface area (Å²) < 4.78 is 7.63. The van der Waals surface area contributed by atoms with E-state index >= 15 is 0 Å². The summed E-state index contributed by atoms with van der Waals surface area (Å²) in [6.07, 6.45) is 3.84. The number of ether oxygens (including phenoxy) is 1. The van der Waals surface area contributed by atoms with E-state index < -0.39 is 0 Å². The van der Waals surface area contributed by atoms with Crippen molar-refractivity contribution in [2.75, 3.05) is 26.7 Å². The third-order valence-electron chi connectivity index (χ3n) is 2.62. The average Bonchev–Trinajstić information content (AvgIpc) is 2.22. The topological polar surface area (TPSA) is 34.5 Å². The van der Waals surface area contributed by atoms with Crippen LogP contribution in [0.25, 0.3) is 0 Å². The van der Waals surface area contributed by atoms with Gasteiger partial charge in [0.1, 0.15) is 0 Å². The molecule has 1 aliphatic heterocycles. The molecule has 0 amide bonds. The highest BCUT2D eigenvalue weighted by molar-refractivity contribution is 4.94. The predicted octanol–water partition coefficient (Wildman–Crippen LogP) is 0.179. The van der Waals surface area contributed by atoms with Crippen LogP contribution >= 0.6 is 0 Å². The van der Waals surface area contributed by atoms with Crippen LogP contribution in [-0.4, -0.2) is 42.3 Å². The highest BCUT2D eigenvalue weighted by atomic mass is 16.5. The van der Waals surface area contributed by atoms with Gasteiger partial charge in [-0.3, -0.25) is 4.79 Å². The summed E-state index contributed by atoms with van der Waals surface area (Å²) in [7, 11) is 2.10. The van der Waals surface area contributed by atoms with Gasteiger partial charge in [0.25, 0.3) is 0 Å². The maximum Gasteiger partial charge on any atom is 0.181 e. The van der Waals surface area contributed by atoms with Crippen molar-refractivity contribution in [1.29, 1.82) is 0 Å². The molecule has 2 rings (SSSR count). The molecule has 1 unspecified atom stereocenters. The molecular weight excluding hydrogens is 192 g/mol. The molecule has 2 heterocycles. The average molecular weight is 208 g/mol. The minimum absolute atomic E-state index is 0.0490. The van der Waals surface area contributed by atoms with Crippen molar-refractivity contribution in [3.8, 4) is 0 Å². The quantitative estimate of drug-likeness (QED) is 0.695. The number of nitrogens with zero attached hydrogens (tertiary/aromatic N) is 2. The Bertz CT molecular complexity index is 355. The van der Waals surface area contributed by atoms with Crippen molar-refractivity contribution in [3.05, 3.63) is 34.7 Å². The Balaban J connectivity index is 1.96. The molecule has 1 atom stereocenters. The van der Waals surface area contributed by atoms with Gasteiger partial charge in [-0.15, -0.1) is 0 Å². The zero-order valence-electron chi connectivity index (χ0n) is 8.93. The lowest BCUT2D eigenvalue weighted by atomic mass is 10.3. The third kappa shape index (κ3) is 2.91. The van der Waals surface area contributed by atoms with E-state index in [-0.39, 0.29) is 11.5 Å². The molecule has 1 fully saturated rings. The van der Waals surface area contributed by atoms with Crippen LogP contribution in [0.5, 0.6) is 0 Å². The first-order valence-corrected chi connectivity index (χ1v) is 5.20. The second-order valence-electron chi connectivity index (χ2n) is 3.99. The molecule has 1 aliphatic rings. The number of morpholine rings is 1. The first-order valence-electron chi connectivity index (χ1n) is 5.20. The van der Waals surface area contributed by atoms with Crippen LogP contribution in [-0.2, 0) is 11.3 Å². The Hall–Kier alpha value is -1.13. The first-order chi connectivity index (χ1) is 7.24. The number of hydrogen-bond acceptors (Lipinski definition) is 3. The predicted molar refractivity (Wildman–Crippen MR) is 57.9 cm³/mol. The molecule has 1 aromatic heterocycles. The standard InChI is InChI=1S/C11H16N2O2/c1-12-6-7-15-11(8-12)9-13-4-2-10(14)3-5-13/h2-5,11H,6-9H2,1H3. The number of rotatable bonds is 2. The second-order valence-corrected chi connectivity index (χ2v) is 3.99. The molecule has 0 saturated carbocycles. The third-order valence-corrected chi connectivity index (χ3v) is 2.62. The maximum absolute atomic E-state index is 10.9. The Morgan fingerprint density at radius 3 is 2.87 bits per heavy atom. The largest absolute Gasteiger partial charge is 0.374 e. The zero-order chi connectivity index (χ0) is 10.7. The van der Waals surface area contributed by atoms with Crippen molar-refractivity contribution in [2.24, 2.45) is 0 Å². The van der Waals surface area contributed by atoms with Crippen LogP contribution in [0, 0.1) is 0 Å². The van der Waals surface area contributed by atoms with Crippen LogP contribution in [0.1, 0.15) is 0 Å². The van der Waals surface area contributed by atoms with Crippen LogP contribution in [0.3, 0.4) is 0 Å². The van der Waals surface area contributed by atoms with Gasteiger partial charge in [-0.25, -0.2) is 0 Å². The number of hydrogen-bond donors (Lipinski definition) is 0. The summed E-state index contributed by atoms with van der Waals surface area (Å²) in [5, 5.41) is 0. The Morgan fingerprint density at radius 1 is 1.47 bits per heavy atom. The Kier molecular flexibility index (Phi) is 3.18. The fourth-order valence-corrected chi connectivity index (χ4v) is 1.78. The van der Waals surface area contributed by atoms with E-state index in [1.165, 1.54) is 0 Å². The summed E-state index contributed by atoms with van der Waals surface area (Å²) in [4.78, 5) is 13.2. The summed E-state index contributed by atoms with van der Waals surface area (Å²) in [6, 6.07) is 3.15. The van der Waals surface area contributed by atoms with Gasteiger partial charge in [0, 0.05) is 44.2 Å². The van der Waals surface area contributed by atoms with Gasteiger partial charge in [-0.05, 0) is 7.05 Å². The van der Waals surface area contributed by atoms with Gasteiger partial charge in [-0.1, -0.05) is 0 Å². The fourth-order valence-electron chi connectivity index (χ4n) is 1.78. The van der Waals surface area contributed by atoms with E-state index in [1.54, 1.807) is 24.5 Å². The molecule has 1 saturated heterocycles. The van der Waals surface area contributed by atoms with Crippen molar-refractivity contribution < 1.29 is 4.74 Å². The molecule has 0 aliphatic carbocycles. The monoisotopic (exact) mass is 208 g/mol. The second kappa shape index (κ2) is 4.59. The SMILES string of the molecule is CN1CCOC(Cn2ccc(=O)cc2)C1. The summed E-state index contributed by atoms with van der Waals surface area (Å²) >= 11 is 0. The minimum Gasteiger partial charge on any atom is -0.374 e. The smallest absolute Gasteiger partial charge is 0.181 e. The van der Waals surface area contributed by atoms with Gasteiger partial charge < -0.3 is 14.2 Å². The van der Waals surface area contributed by atoms with Crippen LogP contribution in [0.4, 0.5) is 0 Å². The van der Waals surface area contributed by atoms with Crippen molar-refractivity contribution in [1.82, 2.24) is 9.47 Å². The van der Waals surface area contributed by atoms with Gasteiger partial charge in [-0.2, -0.15) is 0 Å². The van der Waals surface area contributed by atoms with Gasteiger partial charge in [0.15, 0.2) is 5.43 Å². The van der Waals surface area contributed by atoms with Crippen molar-refractivity contribution in [2.45, 2.75) is 12.6 Å². The fraction of sp³-hybridized carbons (Fsp3) is 0.545. The summed E-state index contributed by atoms with van der Waals surface area (Å²) in [5.41, 5.74) is 0.0490. The zero-order valence-corrected chi connectivity index (χ0v) is 8.93. The van der Waals surface area contributed by atoms with Gasteiger partial charge in [0.2, 0.25) is 0 Å². The molecule has 1 aromatic rings. The highest BCUT2D eigenvalue weighted by Gasteiger charge is 2.17. The maximum atomic E-state index is 10.9. The van der Waals surface area contributed by atoms with E-state index in [2.05, 4.69) is 11.9 Å². The lowest BCUT2D eigenvalue weighted by Crippen LogP contribution is -2.41. The van der Waals surface area contributed by atoms with Crippen molar-refractivity contribution >= 4 is 0 Å². The molecule has 4 heteroatoms. The first kappa shape index (κ1) is 10.4. The Morgan fingerprint density at radius 2 is 2.20 bits per heavy atom. The normalized spacial score (nSPS) is 22.9. The molecule has 15 heavy (non-hydrogen) atoms. The van der Waals surface area contributed by atoms with E-state index in [4.69, 9.17) is 4.74 Å². The van der Waals surface area contributed by atoms with E-state index in [1.807, 2.05) is 4.57 Å². The molecule has 0 aromatic carbocycles. The van der Waals surface area contributed by atoms with Crippen LogP contribution < -0.4 is 5.43 Å². The van der Waals surface area contributed by atoms with Crippen molar-refractivity contribution in [3.63, 3.8) is 0 Å².